The van der Waals surface area contributed by atoms with Gasteiger partial charge in [-0.15, -0.1) is 0 Å². The topological polar surface area (TPSA) is 121 Å². The van der Waals surface area contributed by atoms with E-state index in [1.54, 1.807) is 20.8 Å². The molecule has 0 aliphatic carbocycles. The lowest BCUT2D eigenvalue weighted by atomic mass is 10.1. The van der Waals surface area contributed by atoms with Gasteiger partial charge in [0.05, 0.1) is 5.57 Å². The molecular formula is C16H23NO7. The van der Waals surface area contributed by atoms with E-state index in [9.17, 15) is 29.4 Å². The van der Waals surface area contributed by atoms with Crippen LogP contribution >= 0.6 is 0 Å². The maximum absolute atomic E-state index is 12.3. The van der Waals surface area contributed by atoms with Crippen LogP contribution in [0.3, 0.4) is 0 Å². The first-order valence-electron chi connectivity index (χ1n) is 7.71. The van der Waals surface area contributed by atoms with Gasteiger partial charge in [0.15, 0.2) is 0 Å². The van der Waals surface area contributed by atoms with Crippen LogP contribution in [0, 0.1) is 0 Å². The van der Waals surface area contributed by atoms with Crippen molar-refractivity contribution in [1.29, 1.82) is 0 Å². The smallest absolute Gasteiger partial charge is 0.352 e. The number of ether oxygens (including phenoxy) is 1. The van der Waals surface area contributed by atoms with Gasteiger partial charge in [-0.3, -0.25) is 0 Å². The summed E-state index contributed by atoms with van der Waals surface area (Å²) in [5, 5.41) is 18.8. The average molecular weight is 341 g/mol. The first-order chi connectivity index (χ1) is 11.1. The van der Waals surface area contributed by atoms with Gasteiger partial charge >= 0.3 is 17.9 Å². The Balaban J connectivity index is 3.22. The Morgan fingerprint density at radius 2 is 1.83 bits per heavy atom. The van der Waals surface area contributed by atoms with E-state index in [-0.39, 0.29) is 25.0 Å². The lowest BCUT2D eigenvalue weighted by molar-refractivity contribution is -0.160. The van der Waals surface area contributed by atoms with Crippen molar-refractivity contribution in [3.8, 4) is 0 Å². The monoisotopic (exact) mass is 341 g/mol. The fraction of sp³-hybridized carbons (Fsp3) is 0.625. The van der Waals surface area contributed by atoms with Crippen molar-refractivity contribution in [1.82, 2.24) is 4.90 Å². The number of aldehydes is 1. The molecule has 0 amide bonds. The number of esters is 1. The molecule has 1 heterocycles. The molecule has 1 fully saturated rings. The van der Waals surface area contributed by atoms with E-state index in [4.69, 9.17) is 4.74 Å². The second-order valence-electron chi connectivity index (χ2n) is 6.53. The highest BCUT2D eigenvalue weighted by Gasteiger charge is 2.39. The molecule has 8 heteroatoms. The molecule has 8 nitrogen and oxygen atoms in total. The van der Waals surface area contributed by atoms with Gasteiger partial charge in [0.25, 0.3) is 0 Å². The number of aliphatic carboxylic acids is 2. The van der Waals surface area contributed by atoms with Crippen LogP contribution in [-0.2, 0) is 23.9 Å². The van der Waals surface area contributed by atoms with Gasteiger partial charge in [0, 0.05) is 13.0 Å². The van der Waals surface area contributed by atoms with Crippen LogP contribution in [-0.4, -0.2) is 57.5 Å². The Hall–Kier alpha value is -2.38. The maximum Gasteiger partial charge on any atom is 0.352 e. The van der Waals surface area contributed by atoms with Crippen LogP contribution in [0.2, 0.25) is 0 Å². The minimum atomic E-state index is -1.44. The van der Waals surface area contributed by atoms with Gasteiger partial charge in [-0.2, -0.15) is 0 Å². The van der Waals surface area contributed by atoms with Crippen LogP contribution < -0.4 is 0 Å². The van der Waals surface area contributed by atoms with Crippen molar-refractivity contribution in [2.75, 3.05) is 6.54 Å². The number of carboxylic acids is 2. The maximum atomic E-state index is 12.3. The van der Waals surface area contributed by atoms with E-state index in [0.717, 1.165) is 0 Å². The third kappa shape index (κ3) is 5.07. The van der Waals surface area contributed by atoms with Crippen LogP contribution in [0.5, 0.6) is 0 Å². The first-order valence-corrected chi connectivity index (χ1v) is 7.71. The van der Waals surface area contributed by atoms with Gasteiger partial charge in [0.2, 0.25) is 0 Å². The fourth-order valence-electron chi connectivity index (χ4n) is 2.60. The Labute approximate surface area is 140 Å². The molecule has 0 spiro atoms. The summed E-state index contributed by atoms with van der Waals surface area (Å²) in [7, 11) is 0. The first kappa shape index (κ1) is 19.7. The zero-order chi connectivity index (χ0) is 18.5. The molecule has 1 aliphatic rings. The number of carbonyl (C=O) groups is 4. The molecule has 0 aromatic carbocycles. The Morgan fingerprint density at radius 3 is 2.29 bits per heavy atom. The summed E-state index contributed by atoms with van der Waals surface area (Å²) in [5.41, 5.74) is -1.56. The summed E-state index contributed by atoms with van der Waals surface area (Å²) in [6, 6.07) is -0.846. The van der Waals surface area contributed by atoms with Gasteiger partial charge < -0.3 is 24.6 Å². The molecule has 1 aliphatic heterocycles. The van der Waals surface area contributed by atoms with Crippen LogP contribution in [0.15, 0.2) is 11.3 Å². The second kappa shape index (κ2) is 7.94. The van der Waals surface area contributed by atoms with E-state index in [1.807, 2.05) is 0 Å². The predicted octanol–water partition coefficient (Wildman–Crippen LogP) is 1.19. The summed E-state index contributed by atoms with van der Waals surface area (Å²) in [5.74, 6) is -3.43. The van der Waals surface area contributed by atoms with E-state index in [2.05, 4.69) is 0 Å². The third-order valence-electron chi connectivity index (χ3n) is 3.48. The number of likely N-dealkylation sites (tertiary alicyclic amines) is 1. The molecule has 1 atom stereocenters. The van der Waals surface area contributed by atoms with E-state index < -0.39 is 35.2 Å². The second-order valence-corrected chi connectivity index (χ2v) is 6.53. The quantitative estimate of drug-likeness (QED) is 0.402. The Bertz CT molecular complexity index is 559. The van der Waals surface area contributed by atoms with Crippen molar-refractivity contribution in [2.24, 2.45) is 0 Å². The van der Waals surface area contributed by atoms with E-state index >= 15 is 0 Å². The largest absolute Gasteiger partial charge is 0.478 e. The molecular weight excluding hydrogens is 318 g/mol. The number of carbonyl (C=O) groups excluding carboxylic acids is 2. The minimum absolute atomic E-state index is 0.108. The van der Waals surface area contributed by atoms with Crippen molar-refractivity contribution < 1.29 is 34.1 Å². The average Bonchev–Trinajstić information content (AvgIpc) is 2.89. The Morgan fingerprint density at radius 1 is 1.21 bits per heavy atom. The van der Waals surface area contributed by atoms with E-state index in [0.29, 0.717) is 19.1 Å². The molecule has 1 rings (SSSR count). The van der Waals surface area contributed by atoms with Gasteiger partial charge in [-0.25, -0.2) is 14.4 Å². The van der Waals surface area contributed by atoms with Gasteiger partial charge in [0.1, 0.15) is 23.6 Å². The molecule has 0 saturated carbocycles. The lowest BCUT2D eigenvalue weighted by Gasteiger charge is -2.29. The lowest BCUT2D eigenvalue weighted by Crippen LogP contribution is -2.42. The normalized spacial score (nSPS) is 18.8. The number of carboxylic acid groups (broad SMARTS) is 2. The van der Waals surface area contributed by atoms with Crippen molar-refractivity contribution in [3.63, 3.8) is 0 Å². The van der Waals surface area contributed by atoms with Crippen LogP contribution in [0.1, 0.15) is 46.5 Å². The summed E-state index contributed by atoms with van der Waals surface area (Å²) in [6.45, 7) is 5.34. The van der Waals surface area contributed by atoms with Gasteiger partial charge in [-0.1, -0.05) is 0 Å². The summed E-state index contributed by atoms with van der Waals surface area (Å²) in [6.07, 6.45) is 1.13. The highest BCUT2D eigenvalue weighted by atomic mass is 16.6. The highest BCUT2D eigenvalue weighted by Crippen LogP contribution is 2.28. The molecule has 2 N–H and O–H groups in total. The van der Waals surface area contributed by atoms with Crippen molar-refractivity contribution >= 4 is 24.2 Å². The van der Waals surface area contributed by atoms with Crippen molar-refractivity contribution in [2.45, 2.75) is 58.1 Å². The third-order valence-corrected chi connectivity index (χ3v) is 3.48. The van der Waals surface area contributed by atoms with Crippen LogP contribution in [0.25, 0.3) is 0 Å². The molecule has 1 saturated heterocycles. The zero-order valence-electron chi connectivity index (χ0n) is 14.1. The highest BCUT2D eigenvalue weighted by molar-refractivity contribution is 5.99. The summed E-state index contributed by atoms with van der Waals surface area (Å²) in [4.78, 5) is 47.2. The van der Waals surface area contributed by atoms with Crippen molar-refractivity contribution in [3.05, 3.63) is 11.3 Å². The summed E-state index contributed by atoms with van der Waals surface area (Å²) >= 11 is 0. The molecule has 134 valence electrons. The van der Waals surface area contributed by atoms with Gasteiger partial charge in [-0.05, 0) is 40.0 Å². The fourth-order valence-corrected chi connectivity index (χ4v) is 2.60. The molecule has 0 aromatic heterocycles. The molecule has 0 radical (unpaired) electrons. The Kier molecular flexibility index (Phi) is 6.51. The predicted molar refractivity (Wildman–Crippen MR) is 83.2 cm³/mol. The van der Waals surface area contributed by atoms with E-state index in [1.165, 1.54) is 4.90 Å². The molecule has 0 bridgehead atoms. The molecule has 24 heavy (non-hydrogen) atoms. The zero-order valence-corrected chi connectivity index (χ0v) is 14.1. The standard InChI is InChI=1S/C16H23NO7/c1-16(2,3)24-15(23)11-7-4-8-17(11)12(14(21)22)10(13(19)20)6-5-9-18/h9,11H,4-8H2,1-3H3,(H,19,20)(H,21,22)/b12-10+/t11-/m0/s1. The number of hydrogen-bond acceptors (Lipinski definition) is 6. The number of nitrogens with zero attached hydrogens (tertiary/aromatic N) is 1. The number of rotatable bonds is 7. The summed E-state index contributed by atoms with van der Waals surface area (Å²) < 4.78 is 5.30. The molecule has 0 aromatic rings. The minimum Gasteiger partial charge on any atom is -0.478 e. The number of hydrogen-bond donors (Lipinski definition) is 2. The SMILES string of the molecule is CC(C)(C)OC(=O)[C@@H]1CCCN1/C(C(=O)O)=C(\CCC=O)C(=O)O. The van der Waals surface area contributed by atoms with Crippen LogP contribution in [0.4, 0.5) is 0 Å². The molecule has 0 unspecified atom stereocenters.